The van der Waals surface area contributed by atoms with Crippen molar-refractivity contribution in [1.82, 2.24) is 24.5 Å². The van der Waals surface area contributed by atoms with Gasteiger partial charge in [-0.3, -0.25) is 10.1 Å². The third-order valence-corrected chi connectivity index (χ3v) is 9.72. The van der Waals surface area contributed by atoms with Crippen molar-refractivity contribution in [3.8, 4) is 17.0 Å². The first-order valence-corrected chi connectivity index (χ1v) is 15.3. The SMILES string of the molecule is Cc1ncc(Cl)c(C(C)Oc2cc3c(-c4cnc(N5CC6(C5)CN(S(C)(=O)=O)C6)c(F)c4)n[nH]c3cc2Cl)c1Cl. The van der Waals surface area contributed by atoms with Crippen molar-refractivity contribution in [2.75, 3.05) is 37.3 Å². The van der Waals surface area contributed by atoms with Crippen LogP contribution in [0.5, 0.6) is 5.75 Å². The number of aromatic nitrogens is 4. The lowest BCUT2D eigenvalue weighted by atomic mass is 9.74. The lowest BCUT2D eigenvalue weighted by Crippen LogP contribution is -2.73. The number of nitrogens with one attached hydrogen (secondary N) is 1. The van der Waals surface area contributed by atoms with E-state index >= 15 is 4.39 Å². The number of anilines is 1. The zero-order valence-electron chi connectivity index (χ0n) is 21.7. The van der Waals surface area contributed by atoms with Gasteiger partial charge in [-0.25, -0.2) is 22.1 Å². The van der Waals surface area contributed by atoms with E-state index in [1.54, 1.807) is 25.3 Å². The molecule has 0 aliphatic carbocycles. The van der Waals surface area contributed by atoms with E-state index in [0.29, 0.717) is 80.4 Å². The summed E-state index contributed by atoms with van der Waals surface area (Å²) in [5.74, 6) is 0.124. The van der Waals surface area contributed by atoms with Crippen LogP contribution in [0.1, 0.15) is 24.3 Å². The van der Waals surface area contributed by atoms with Crippen molar-refractivity contribution < 1.29 is 17.5 Å². The molecule has 2 saturated heterocycles. The Labute approximate surface area is 245 Å². The summed E-state index contributed by atoms with van der Waals surface area (Å²) < 4.78 is 46.2. The molecule has 0 bridgehead atoms. The zero-order chi connectivity index (χ0) is 28.6. The van der Waals surface area contributed by atoms with Gasteiger partial charge in [-0.1, -0.05) is 34.8 Å². The molecule has 1 spiro atoms. The molecule has 1 atom stereocenters. The second-order valence-corrected chi connectivity index (χ2v) is 13.7. The number of aromatic amines is 1. The molecular formula is C26H24Cl3FN6O3S. The number of hydrogen-bond acceptors (Lipinski definition) is 7. The van der Waals surface area contributed by atoms with Crippen molar-refractivity contribution in [2.24, 2.45) is 5.41 Å². The van der Waals surface area contributed by atoms with Crippen molar-refractivity contribution >= 4 is 61.5 Å². The average molecular weight is 626 g/mol. The first-order chi connectivity index (χ1) is 18.8. The number of pyridine rings is 2. The molecule has 1 unspecified atom stereocenters. The summed E-state index contributed by atoms with van der Waals surface area (Å²) in [6.07, 6.45) is 3.76. The maximum Gasteiger partial charge on any atom is 0.211 e. The van der Waals surface area contributed by atoms with Crippen LogP contribution >= 0.6 is 34.8 Å². The minimum Gasteiger partial charge on any atom is -0.484 e. The number of hydrogen-bond donors (Lipinski definition) is 1. The van der Waals surface area contributed by atoms with Crippen LogP contribution in [-0.2, 0) is 10.0 Å². The third-order valence-electron chi connectivity index (χ3n) is 7.45. The summed E-state index contributed by atoms with van der Waals surface area (Å²) in [6, 6.07) is 4.81. The number of benzene rings is 1. The van der Waals surface area contributed by atoms with Crippen LogP contribution in [0.15, 0.2) is 30.6 Å². The second-order valence-electron chi connectivity index (χ2n) is 10.5. The van der Waals surface area contributed by atoms with Crippen molar-refractivity contribution in [2.45, 2.75) is 20.0 Å². The first kappa shape index (κ1) is 27.5. The van der Waals surface area contributed by atoms with E-state index in [4.69, 9.17) is 39.5 Å². The minimum absolute atomic E-state index is 0.134. The smallest absolute Gasteiger partial charge is 0.211 e. The Kier molecular flexibility index (Phi) is 6.66. The van der Waals surface area contributed by atoms with E-state index in [1.165, 1.54) is 22.8 Å². The highest BCUT2D eigenvalue weighted by Crippen LogP contribution is 2.44. The number of H-pyrrole nitrogens is 1. The van der Waals surface area contributed by atoms with Gasteiger partial charge in [-0.05, 0) is 32.0 Å². The molecule has 210 valence electrons. The lowest BCUT2D eigenvalue weighted by molar-refractivity contribution is 0.0390. The second kappa shape index (κ2) is 9.70. The summed E-state index contributed by atoms with van der Waals surface area (Å²) >= 11 is 19.3. The van der Waals surface area contributed by atoms with Crippen LogP contribution in [0.4, 0.5) is 10.2 Å². The van der Waals surface area contributed by atoms with Gasteiger partial charge >= 0.3 is 0 Å². The molecule has 1 N–H and O–H groups in total. The molecule has 5 heterocycles. The fourth-order valence-electron chi connectivity index (χ4n) is 5.37. The van der Waals surface area contributed by atoms with Crippen LogP contribution in [0, 0.1) is 18.2 Å². The van der Waals surface area contributed by atoms with Crippen molar-refractivity contribution in [3.05, 3.63) is 62.7 Å². The molecule has 0 amide bonds. The highest BCUT2D eigenvalue weighted by atomic mass is 35.5. The minimum atomic E-state index is -3.20. The van der Waals surface area contributed by atoms with E-state index in [1.807, 2.05) is 11.8 Å². The van der Waals surface area contributed by atoms with Gasteiger partial charge in [-0.2, -0.15) is 5.10 Å². The van der Waals surface area contributed by atoms with Crippen molar-refractivity contribution in [3.63, 3.8) is 0 Å². The fraction of sp³-hybridized carbons (Fsp3) is 0.346. The van der Waals surface area contributed by atoms with E-state index in [0.717, 1.165) is 0 Å². The fourth-order valence-corrected chi connectivity index (χ4v) is 7.25. The van der Waals surface area contributed by atoms with Crippen LogP contribution in [-0.4, -0.2) is 65.3 Å². The Hall–Kier alpha value is -2.70. The van der Waals surface area contributed by atoms with E-state index in [2.05, 4.69) is 20.2 Å². The Balaban J connectivity index is 1.24. The number of rotatable bonds is 6. The van der Waals surface area contributed by atoms with Crippen LogP contribution in [0.2, 0.25) is 15.1 Å². The predicted octanol–water partition coefficient (Wildman–Crippen LogP) is 5.65. The van der Waals surface area contributed by atoms with Gasteiger partial charge in [0.2, 0.25) is 10.0 Å². The van der Waals surface area contributed by atoms with E-state index in [-0.39, 0.29) is 11.2 Å². The van der Waals surface area contributed by atoms with E-state index < -0.39 is 21.9 Å². The number of ether oxygens (including phenoxy) is 1. The van der Waals surface area contributed by atoms with Gasteiger partial charge in [0.15, 0.2) is 11.6 Å². The number of halogens is 4. The quantitative estimate of drug-likeness (QED) is 0.295. The van der Waals surface area contributed by atoms with Gasteiger partial charge < -0.3 is 9.64 Å². The molecule has 4 aromatic rings. The molecule has 14 heteroatoms. The van der Waals surface area contributed by atoms with Gasteiger partial charge in [0.25, 0.3) is 0 Å². The predicted molar refractivity (Wildman–Crippen MR) is 153 cm³/mol. The molecule has 2 aliphatic rings. The Morgan fingerprint density at radius 1 is 1.07 bits per heavy atom. The highest BCUT2D eigenvalue weighted by molar-refractivity contribution is 7.88. The largest absolute Gasteiger partial charge is 0.484 e. The summed E-state index contributed by atoms with van der Waals surface area (Å²) in [5.41, 5.74) is 2.70. The summed E-state index contributed by atoms with van der Waals surface area (Å²) in [6.45, 7) is 5.59. The molecule has 40 heavy (non-hydrogen) atoms. The van der Waals surface area contributed by atoms with Crippen LogP contribution in [0.25, 0.3) is 22.2 Å². The number of sulfonamides is 1. The Morgan fingerprint density at radius 2 is 1.80 bits per heavy atom. The van der Waals surface area contributed by atoms with Crippen LogP contribution < -0.4 is 9.64 Å². The molecule has 9 nitrogen and oxygen atoms in total. The summed E-state index contributed by atoms with van der Waals surface area (Å²) in [5, 5.41) is 9.13. The third kappa shape index (κ3) is 4.67. The summed E-state index contributed by atoms with van der Waals surface area (Å²) in [4.78, 5) is 10.4. The van der Waals surface area contributed by atoms with Gasteiger partial charge in [-0.15, -0.1) is 0 Å². The number of nitrogens with zero attached hydrogens (tertiary/aromatic N) is 5. The highest BCUT2D eigenvalue weighted by Gasteiger charge is 2.55. The normalized spacial score (nSPS) is 17.6. The molecule has 6 rings (SSSR count). The number of aryl methyl sites for hydroxylation is 1. The van der Waals surface area contributed by atoms with Gasteiger partial charge in [0, 0.05) is 60.5 Å². The molecule has 2 aliphatic heterocycles. The summed E-state index contributed by atoms with van der Waals surface area (Å²) in [7, 11) is -3.20. The zero-order valence-corrected chi connectivity index (χ0v) is 24.8. The maximum atomic E-state index is 15.2. The molecule has 1 aromatic carbocycles. The number of fused-ring (bicyclic) bond motifs is 1. The first-order valence-electron chi connectivity index (χ1n) is 12.4. The Morgan fingerprint density at radius 3 is 2.48 bits per heavy atom. The molecular weight excluding hydrogens is 602 g/mol. The average Bonchev–Trinajstić information content (AvgIpc) is 3.22. The monoisotopic (exact) mass is 624 g/mol. The lowest BCUT2D eigenvalue weighted by Gasteiger charge is -2.59. The molecule has 2 fully saturated rings. The van der Waals surface area contributed by atoms with Crippen LogP contribution in [0.3, 0.4) is 0 Å². The topological polar surface area (TPSA) is 104 Å². The molecule has 0 saturated carbocycles. The molecule has 3 aromatic heterocycles. The van der Waals surface area contributed by atoms with E-state index in [9.17, 15) is 8.42 Å². The van der Waals surface area contributed by atoms with Gasteiger partial charge in [0.1, 0.15) is 17.5 Å². The Bertz CT molecular complexity index is 1770. The molecule has 0 radical (unpaired) electrons. The van der Waals surface area contributed by atoms with Crippen molar-refractivity contribution in [1.29, 1.82) is 0 Å². The standard InChI is InChI=1S/C26H24Cl3FN6O3S/c1-13-23(29)22(18(28)8-31-13)14(2)39-21-5-16-20(6-17(21)27)33-34-24(16)15-4-19(30)25(32-7-15)35-9-26(10-35)11-36(12-26)40(3,37)38/h4-8,14H,9-12H2,1-3H3,(H,33,34). The van der Waals surface area contributed by atoms with Gasteiger partial charge in [0.05, 0.1) is 32.5 Å². The maximum absolute atomic E-state index is 15.2.